The molecule has 1 aliphatic rings. The Labute approximate surface area is 166 Å². The summed E-state index contributed by atoms with van der Waals surface area (Å²) in [5.41, 5.74) is 7.01. The molecule has 0 saturated carbocycles. The lowest BCUT2D eigenvalue weighted by Crippen LogP contribution is -2.21. The number of thiophene rings is 1. The lowest BCUT2D eigenvalue weighted by atomic mass is 10.1. The molecule has 0 saturated heterocycles. The van der Waals surface area contributed by atoms with Gasteiger partial charge in [0.25, 0.3) is 5.91 Å². The first-order chi connectivity index (χ1) is 13.5. The highest BCUT2D eigenvalue weighted by molar-refractivity contribution is 7.17. The van der Waals surface area contributed by atoms with Crippen molar-refractivity contribution in [2.24, 2.45) is 5.73 Å². The molecule has 0 unspecified atom stereocenters. The number of esters is 1. The van der Waals surface area contributed by atoms with Gasteiger partial charge in [-0.05, 0) is 55.5 Å². The first-order valence-electron chi connectivity index (χ1n) is 9.05. The number of benzene rings is 1. The van der Waals surface area contributed by atoms with Gasteiger partial charge in [0.05, 0.1) is 12.7 Å². The van der Waals surface area contributed by atoms with Gasteiger partial charge in [-0.15, -0.1) is 11.3 Å². The molecule has 2 amide bonds. The Balaban J connectivity index is 1.69. The van der Waals surface area contributed by atoms with Crippen LogP contribution in [-0.2, 0) is 22.4 Å². The smallest absolute Gasteiger partial charge is 0.341 e. The average Bonchev–Trinajstić information content (AvgIpc) is 2.86. The fourth-order valence-electron chi connectivity index (χ4n) is 3.18. The second-order valence-corrected chi connectivity index (χ2v) is 7.59. The minimum atomic E-state index is -0.530. The Morgan fingerprint density at radius 2 is 1.82 bits per heavy atom. The van der Waals surface area contributed by atoms with Gasteiger partial charge in [0, 0.05) is 10.4 Å². The summed E-state index contributed by atoms with van der Waals surface area (Å²) in [6.07, 6.45) is 4.95. The number of primary amides is 1. The van der Waals surface area contributed by atoms with Crippen LogP contribution in [0.2, 0.25) is 0 Å². The predicted octanol–water partition coefficient (Wildman–Crippen LogP) is 2.92. The molecule has 1 aromatic carbocycles. The molecule has 1 heterocycles. The molecule has 2 aromatic rings. The molecule has 3 rings (SSSR count). The monoisotopic (exact) mass is 402 g/mol. The van der Waals surface area contributed by atoms with Crippen LogP contribution in [0.5, 0.6) is 5.75 Å². The van der Waals surface area contributed by atoms with Crippen LogP contribution in [0, 0.1) is 0 Å². The largest absolute Gasteiger partial charge is 0.484 e. The van der Waals surface area contributed by atoms with Gasteiger partial charge in [-0.3, -0.25) is 9.59 Å². The van der Waals surface area contributed by atoms with Crippen molar-refractivity contribution in [2.45, 2.75) is 32.1 Å². The number of hydrogen-bond donors (Lipinski definition) is 2. The second-order valence-electron chi connectivity index (χ2n) is 6.49. The summed E-state index contributed by atoms with van der Waals surface area (Å²) in [7, 11) is 1.34. The number of nitrogens with one attached hydrogen (secondary N) is 1. The highest BCUT2D eigenvalue weighted by Gasteiger charge is 2.26. The fourth-order valence-corrected chi connectivity index (χ4v) is 4.47. The van der Waals surface area contributed by atoms with Crippen LogP contribution >= 0.6 is 11.3 Å². The molecule has 7 nitrogen and oxygen atoms in total. The van der Waals surface area contributed by atoms with Crippen LogP contribution in [0.1, 0.15) is 50.4 Å². The molecule has 3 N–H and O–H groups in total. The number of carbonyl (C=O) groups excluding carboxylic acids is 3. The number of hydrogen-bond acceptors (Lipinski definition) is 6. The van der Waals surface area contributed by atoms with E-state index in [-0.39, 0.29) is 12.5 Å². The quantitative estimate of drug-likeness (QED) is 0.571. The molecule has 0 atom stereocenters. The molecule has 0 spiro atoms. The van der Waals surface area contributed by atoms with Gasteiger partial charge in [0.2, 0.25) is 5.91 Å². The number of methoxy groups -OCH3 is 1. The first-order valence-corrected chi connectivity index (χ1v) is 9.86. The third-order valence-electron chi connectivity index (χ3n) is 4.57. The van der Waals surface area contributed by atoms with Crippen molar-refractivity contribution in [1.29, 1.82) is 0 Å². The summed E-state index contributed by atoms with van der Waals surface area (Å²) in [5, 5.41) is 3.29. The van der Waals surface area contributed by atoms with E-state index >= 15 is 0 Å². The molecular weight excluding hydrogens is 380 g/mol. The molecular formula is C20H22N2O5S. The molecule has 1 aliphatic carbocycles. The molecule has 28 heavy (non-hydrogen) atoms. The second kappa shape index (κ2) is 8.88. The molecule has 0 fully saturated rings. The maximum absolute atomic E-state index is 12.3. The number of ether oxygens (including phenoxy) is 2. The molecule has 0 bridgehead atoms. The van der Waals surface area contributed by atoms with E-state index in [0.717, 1.165) is 42.5 Å². The molecule has 8 heteroatoms. The SMILES string of the molecule is COC(=O)c1c(NC(=O)COc2ccc(C(N)=O)cc2)sc2c1CCCCC2. The van der Waals surface area contributed by atoms with Crippen LogP contribution in [0.4, 0.5) is 5.00 Å². The van der Waals surface area contributed by atoms with Gasteiger partial charge in [0.15, 0.2) is 6.61 Å². The zero-order valence-electron chi connectivity index (χ0n) is 15.6. The van der Waals surface area contributed by atoms with Crippen molar-refractivity contribution >= 4 is 34.1 Å². The normalized spacial score (nSPS) is 13.2. The average molecular weight is 402 g/mol. The van der Waals surface area contributed by atoms with Crippen molar-refractivity contribution in [1.82, 2.24) is 0 Å². The summed E-state index contributed by atoms with van der Waals surface area (Å²) >= 11 is 1.43. The summed E-state index contributed by atoms with van der Waals surface area (Å²) in [5.74, 6) is -0.898. The van der Waals surface area contributed by atoms with Gasteiger partial charge in [-0.2, -0.15) is 0 Å². The summed E-state index contributed by atoms with van der Waals surface area (Å²) < 4.78 is 10.4. The number of amides is 2. The van der Waals surface area contributed by atoms with Crippen LogP contribution in [0.3, 0.4) is 0 Å². The number of rotatable bonds is 6. The zero-order chi connectivity index (χ0) is 20.1. The van der Waals surface area contributed by atoms with Gasteiger partial charge in [-0.1, -0.05) is 6.42 Å². The van der Waals surface area contributed by atoms with Crippen molar-refractivity contribution in [3.05, 3.63) is 45.8 Å². The minimum absolute atomic E-state index is 0.223. The maximum Gasteiger partial charge on any atom is 0.341 e. The molecule has 1 aromatic heterocycles. The lowest BCUT2D eigenvalue weighted by molar-refractivity contribution is -0.118. The Hall–Kier alpha value is -2.87. The van der Waals surface area contributed by atoms with Gasteiger partial charge in [0.1, 0.15) is 10.8 Å². The van der Waals surface area contributed by atoms with Gasteiger partial charge < -0.3 is 20.5 Å². The highest BCUT2D eigenvalue weighted by Crippen LogP contribution is 2.37. The van der Waals surface area contributed by atoms with E-state index in [1.807, 2.05) is 0 Å². The Morgan fingerprint density at radius 3 is 2.50 bits per heavy atom. The van der Waals surface area contributed by atoms with Crippen molar-refractivity contribution in [3.63, 3.8) is 0 Å². The fraction of sp³-hybridized carbons (Fsp3) is 0.350. The van der Waals surface area contributed by atoms with Crippen molar-refractivity contribution in [2.75, 3.05) is 19.0 Å². The van der Waals surface area contributed by atoms with Gasteiger partial charge >= 0.3 is 5.97 Å². The van der Waals surface area contributed by atoms with Crippen molar-refractivity contribution < 1.29 is 23.9 Å². The molecule has 148 valence electrons. The predicted molar refractivity (Wildman–Crippen MR) is 106 cm³/mol. The topological polar surface area (TPSA) is 108 Å². The van der Waals surface area contributed by atoms with Crippen molar-refractivity contribution in [3.8, 4) is 5.75 Å². The summed E-state index contributed by atoms with van der Waals surface area (Å²) in [6.45, 7) is -0.223. The van der Waals surface area contributed by atoms with Crippen LogP contribution in [0.25, 0.3) is 0 Å². The van der Waals surface area contributed by atoms with E-state index < -0.39 is 11.9 Å². The molecule has 0 radical (unpaired) electrons. The van der Waals surface area contributed by atoms with Crippen LogP contribution < -0.4 is 15.8 Å². The van der Waals surface area contributed by atoms with E-state index in [4.69, 9.17) is 15.2 Å². The Kier molecular flexibility index (Phi) is 6.30. The van der Waals surface area contributed by atoms with E-state index in [1.165, 1.54) is 30.6 Å². The number of anilines is 1. The Morgan fingerprint density at radius 1 is 1.11 bits per heavy atom. The molecule has 0 aliphatic heterocycles. The van der Waals surface area contributed by atoms with Gasteiger partial charge in [-0.25, -0.2) is 4.79 Å². The standard InChI is InChI=1S/C20H22N2O5S/c1-26-20(25)17-14-5-3-2-4-6-15(14)28-19(17)22-16(23)11-27-13-9-7-12(8-10-13)18(21)24/h7-10H,2-6,11H2,1H3,(H2,21,24)(H,22,23). The van der Waals surface area contributed by atoms with E-state index in [0.29, 0.717) is 21.9 Å². The first kappa shape index (κ1) is 19.9. The van der Waals surface area contributed by atoms with E-state index in [1.54, 1.807) is 12.1 Å². The van der Waals surface area contributed by atoms with E-state index in [9.17, 15) is 14.4 Å². The summed E-state index contributed by atoms with van der Waals surface area (Å²) in [6, 6.07) is 6.20. The number of nitrogens with two attached hydrogens (primary N) is 1. The minimum Gasteiger partial charge on any atom is -0.484 e. The summed E-state index contributed by atoms with van der Waals surface area (Å²) in [4.78, 5) is 36.9. The number of fused-ring (bicyclic) bond motifs is 1. The Bertz CT molecular complexity index is 889. The third kappa shape index (κ3) is 4.51. The maximum atomic E-state index is 12.3. The lowest BCUT2D eigenvalue weighted by Gasteiger charge is -2.09. The van der Waals surface area contributed by atoms with Crippen LogP contribution in [0.15, 0.2) is 24.3 Å². The zero-order valence-corrected chi connectivity index (χ0v) is 16.4. The van der Waals surface area contributed by atoms with Crippen LogP contribution in [-0.4, -0.2) is 31.5 Å². The van der Waals surface area contributed by atoms with E-state index in [2.05, 4.69) is 5.32 Å². The number of aryl methyl sites for hydroxylation is 1. The number of carbonyl (C=O) groups is 3. The highest BCUT2D eigenvalue weighted by atomic mass is 32.1. The third-order valence-corrected chi connectivity index (χ3v) is 5.78.